The van der Waals surface area contributed by atoms with E-state index in [1.54, 1.807) is 0 Å². The lowest BCUT2D eigenvalue weighted by atomic mass is 10.1. The number of pyridine rings is 1. The van der Waals surface area contributed by atoms with Gasteiger partial charge in [0.05, 0.1) is 0 Å². The SMILES string of the molecule is NC(CCNC(=O)CCCCc1ccc2c(n1)NCCC2)C(=O)O. The van der Waals surface area contributed by atoms with Gasteiger partial charge in [0.15, 0.2) is 0 Å². The molecule has 2 rings (SSSR count). The molecule has 0 spiro atoms. The summed E-state index contributed by atoms with van der Waals surface area (Å²) in [6.07, 6.45) is 5.45. The lowest BCUT2D eigenvalue weighted by Gasteiger charge is -2.17. The van der Waals surface area contributed by atoms with Crippen molar-refractivity contribution in [3.05, 3.63) is 23.4 Å². The number of carboxylic acid groups (broad SMARTS) is 1. The average Bonchev–Trinajstić information content (AvgIpc) is 2.58. The zero-order valence-corrected chi connectivity index (χ0v) is 13.9. The van der Waals surface area contributed by atoms with E-state index in [1.165, 1.54) is 5.56 Å². The van der Waals surface area contributed by atoms with Crippen LogP contribution in [0.5, 0.6) is 0 Å². The maximum Gasteiger partial charge on any atom is 0.320 e. The minimum Gasteiger partial charge on any atom is -0.480 e. The Morgan fingerprint density at radius 1 is 1.38 bits per heavy atom. The zero-order chi connectivity index (χ0) is 17.4. The molecular formula is C17H26N4O3. The van der Waals surface area contributed by atoms with E-state index in [2.05, 4.69) is 27.8 Å². The van der Waals surface area contributed by atoms with Crippen LogP contribution in [0.25, 0.3) is 0 Å². The van der Waals surface area contributed by atoms with E-state index in [1.807, 2.05) is 0 Å². The number of fused-ring (bicyclic) bond motifs is 1. The first kappa shape index (κ1) is 18.2. The Kier molecular flexibility index (Phi) is 6.99. The number of aliphatic carboxylic acids is 1. The van der Waals surface area contributed by atoms with Gasteiger partial charge in [-0.3, -0.25) is 9.59 Å². The number of hydrogen-bond donors (Lipinski definition) is 4. The molecule has 0 bridgehead atoms. The van der Waals surface area contributed by atoms with Gasteiger partial charge in [0.25, 0.3) is 0 Å². The summed E-state index contributed by atoms with van der Waals surface area (Å²) < 4.78 is 0. The summed E-state index contributed by atoms with van der Waals surface area (Å²) in [7, 11) is 0. The minimum absolute atomic E-state index is 0.0624. The van der Waals surface area contributed by atoms with Gasteiger partial charge in [-0.15, -0.1) is 0 Å². The first-order valence-corrected chi connectivity index (χ1v) is 8.54. The van der Waals surface area contributed by atoms with Crippen molar-refractivity contribution in [3.8, 4) is 0 Å². The van der Waals surface area contributed by atoms with Crippen molar-refractivity contribution in [2.24, 2.45) is 5.73 Å². The topological polar surface area (TPSA) is 117 Å². The summed E-state index contributed by atoms with van der Waals surface area (Å²) in [5.74, 6) is -0.102. The van der Waals surface area contributed by atoms with Crippen molar-refractivity contribution >= 4 is 17.7 Å². The molecule has 1 aliphatic heterocycles. The summed E-state index contributed by atoms with van der Waals surface area (Å²) in [6, 6.07) is 3.29. The van der Waals surface area contributed by atoms with Gasteiger partial charge < -0.3 is 21.5 Å². The van der Waals surface area contributed by atoms with Gasteiger partial charge in [0.1, 0.15) is 11.9 Å². The molecule has 1 aromatic heterocycles. The normalized spacial score (nSPS) is 14.4. The highest BCUT2D eigenvalue weighted by atomic mass is 16.4. The highest BCUT2D eigenvalue weighted by Gasteiger charge is 2.12. The third-order valence-electron chi connectivity index (χ3n) is 4.13. The predicted octanol–water partition coefficient (Wildman–Crippen LogP) is 1.07. The molecule has 0 fully saturated rings. The first-order chi connectivity index (χ1) is 11.6. The van der Waals surface area contributed by atoms with Gasteiger partial charge in [0.2, 0.25) is 5.91 Å². The Bertz CT molecular complexity index is 577. The van der Waals surface area contributed by atoms with E-state index in [0.717, 1.165) is 50.2 Å². The lowest BCUT2D eigenvalue weighted by molar-refractivity contribution is -0.138. The van der Waals surface area contributed by atoms with Crippen molar-refractivity contribution in [1.29, 1.82) is 0 Å². The van der Waals surface area contributed by atoms with E-state index >= 15 is 0 Å². The maximum atomic E-state index is 11.7. The molecule has 1 unspecified atom stereocenters. The smallest absolute Gasteiger partial charge is 0.320 e. The van der Waals surface area contributed by atoms with Crippen LogP contribution in [0.3, 0.4) is 0 Å². The third-order valence-corrected chi connectivity index (χ3v) is 4.13. The molecule has 7 heteroatoms. The van der Waals surface area contributed by atoms with Crippen LogP contribution >= 0.6 is 0 Å². The second kappa shape index (κ2) is 9.22. The fourth-order valence-electron chi connectivity index (χ4n) is 2.68. The van der Waals surface area contributed by atoms with E-state index in [-0.39, 0.29) is 12.3 Å². The van der Waals surface area contributed by atoms with E-state index in [4.69, 9.17) is 10.8 Å². The number of carboxylic acids is 1. The molecule has 7 nitrogen and oxygen atoms in total. The van der Waals surface area contributed by atoms with Crippen LogP contribution in [-0.4, -0.2) is 41.1 Å². The Hall–Kier alpha value is -2.15. The summed E-state index contributed by atoms with van der Waals surface area (Å²) in [6.45, 7) is 1.28. The first-order valence-electron chi connectivity index (χ1n) is 8.54. The van der Waals surface area contributed by atoms with Gasteiger partial charge in [-0.1, -0.05) is 6.07 Å². The Balaban J connectivity index is 1.60. The number of unbranched alkanes of at least 4 members (excludes halogenated alkanes) is 1. The molecule has 1 amide bonds. The number of nitrogens with zero attached hydrogens (tertiary/aromatic N) is 1. The number of carbonyl (C=O) groups is 2. The van der Waals surface area contributed by atoms with Crippen molar-refractivity contribution in [2.45, 2.75) is 51.0 Å². The number of rotatable bonds is 9. The number of amides is 1. The van der Waals surface area contributed by atoms with Crippen LogP contribution in [0.2, 0.25) is 0 Å². The van der Waals surface area contributed by atoms with Crippen molar-refractivity contribution in [3.63, 3.8) is 0 Å². The van der Waals surface area contributed by atoms with Crippen LogP contribution < -0.4 is 16.4 Å². The number of aryl methyl sites for hydroxylation is 2. The number of hydrogen-bond acceptors (Lipinski definition) is 5. The van der Waals surface area contributed by atoms with Gasteiger partial charge in [-0.2, -0.15) is 0 Å². The molecule has 0 aromatic carbocycles. The van der Waals surface area contributed by atoms with Gasteiger partial charge >= 0.3 is 5.97 Å². The molecule has 132 valence electrons. The number of anilines is 1. The largest absolute Gasteiger partial charge is 0.480 e. The third kappa shape index (κ3) is 5.81. The fraction of sp³-hybridized carbons (Fsp3) is 0.588. The molecule has 1 aromatic rings. The molecule has 5 N–H and O–H groups in total. The molecule has 1 atom stereocenters. The standard InChI is InChI=1S/C17H26N4O3/c18-14(17(23)24)9-11-19-15(22)6-2-1-5-13-8-7-12-4-3-10-20-16(12)21-13/h7-8,14H,1-6,9-11,18H2,(H,19,22)(H,20,21)(H,23,24). The quantitative estimate of drug-likeness (QED) is 0.502. The molecule has 0 saturated carbocycles. The fourth-order valence-corrected chi connectivity index (χ4v) is 2.68. The second-order valence-electron chi connectivity index (χ2n) is 6.13. The maximum absolute atomic E-state index is 11.7. The number of carbonyl (C=O) groups excluding carboxylic acids is 1. The monoisotopic (exact) mass is 334 g/mol. The number of aromatic nitrogens is 1. The summed E-state index contributed by atoms with van der Waals surface area (Å²) in [4.78, 5) is 26.9. The Morgan fingerprint density at radius 3 is 3.00 bits per heavy atom. The van der Waals surface area contributed by atoms with Gasteiger partial charge in [-0.25, -0.2) is 4.98 Å². The molecular weight excluding hydrogens is 308 g/mol. The molecule has 0 radical (unpaired) electrons. The molecule has 2 heterocycles. The van der Waals surface area contributed by atoms with Crippen molar-refractivity contribution < 1.29 is 14.7 Å². The van der Waals surface area contributed by atoms with E-state index in [0.29, 0.717) is 13.0 Å². The highest BCUT2D eigenvalue weighted by Crippen LogP contribution is 2.20. The summed E-state index contributed by atoms with van der Waals surface area (Å²) in [5, 5.41) is 14.7. The Labute approximate surface area is 142 Å². The van der Waals surface area contributed by atoms with Crippen LogP contribution in [-0.2, 0) is 22.4 Å². The summed E-state index contributed by atoms with van der Waals surface area (Å²) >= 11 is 0. The predicted molar refractivity (Wildman–Crippen MR) is 91.8 cm³/mol. The molecule has 24 heavy (non-hydrogen) atoms. The molecule has 0 saturated heterocycles. The van der Waals surface area contributed by atoms with Crippen LogP contribution in [0.15, 0.2) is 12.1 Å². The van der Waals surface area contributed by atoms with Crippen molar-refractivity contribution in [2.75, 3.05) is 18.4 Å². The molecule has 1 aliphatic rings. The zero-order valence-electron chi connectivity index (χ0n) is 13.9. The number of nitrogens with two attached hydrogens (primary N) is 1. The average molecular weight is 334 g/mol. The minimum atomic E-state index is -1.05. The van der Waals surface area contributed by atoms with Crippen LogP contribution in [0.4, 0.5) is 5.82 Å². The lowest BCUT2D eigenvalue weighted by Crippen LogP contribution is -2.35. The molecule has 0 aliphatic carbocycles. The van der Waals surface area contributed by atoms with Crippen molar-refractivity contribution in [1.82, 2.24) is 10.3 Å². The van der Waals surface area contributed by atoms with Crippen LogP contribution in [0.1, 0.15) is 43.4 Å². The van der Waals surface area contributed by atoms with Crippen LogP contribution in [0, 0.1) is 0 Å². The van der Waals surface area contributed by atoms with Gasteiger partial charge in [0, 0.05) is 25.2 Å². The Morgan fingerprint density at radius 2 is 2.21 bits per heavy atom. The van der Waals surface area contributed by atoms with Gasteiger partial charge in [-0.05, 0) is 50.2 Å². The number of nitrogens with one attached hydrogen (secondary N) is 2. The van der Waals surface area contributed by atoms with E-state index < -0.39 is 12.0 Å². The highest BCUT2D eigenvalue weighted by molar-refractivity contribution is 5.76. The second-order valence-corrected chi connectivity index (χ2v) is 6.13. The summed E-state index contributed by atoms with van der Waals surface area (Å²) in [5.41, 5.74) is 7.71. The van der Waals surface area contributed by atoms with E-state index in [9.17, 15) is 9.59 Å².